The highest BCUT2D eigenvalue weighted by molar-refractivity contribution is 5.79. The Labute approximate surface area is 153 Å². The van der Waals surface area contributed by atoms with Crippen LogP contribution in [0.4, 0.5) is 14.5 Å². The summed E-state index contributed by atoms with van der Waals surface area (Å²) >= 11 is 0. The highest BCUT2D eigenvalue weighted by atomic mass is 19.2. The van der Waals surface area contributed by atoms with Gasteiger partial charge in [0.2, 0.25) is 5.91 Å². The SMILES string of the molecule is Cc1[nH]c(=O)[nH]c(=O)c1CC(=O)N1CCC[C@H](Nc2ccc(F)c(F)c2)C1. The molecule has 7 nitrogen and oxygen atoms in total. The monoisotopic (exact) mass is 378 g/mol. The molecule has 1 aliphatic heterocycles. The zero-order valence-corrected chi connectivity index (χ0v) is 14.8. The maximum Gasteiger partial charge on any atom is 0.325 e. The van der Waals surface area contributed by atoms with Gasteiger partial charge in [-0.1, -0.05) is 0 Å². The zero-order valence-electron chi connectivity index (χ0n) is 14.8. The predicted octanol–water partition coefficient (Wildman–Crippen LogP) is 1.30. The van der Waals surface area contributed by atoms with E-state index in [9.17, 15) is 23.2 Å². The van der Waals surface area contributed by atoms with Crippen molar-refractivity contribution >= 4 is 11.6 Å². The van der Waals surface area contributed by atoms with E-state index in [1.54, 1.807) is 11.8 Å². The second-order valence-electron chi connectivity index (χ2n) is 6.64. The molecule has 1 fully saturated rings. The van der Waals surface area contributed by atoms with Crippen LogP contribution >= 0.6 is 0 Å². The minimum Gasteiger partial charge on any atom is -0.380 e. The van der Waals surface area contributed by atoms with Gasteiger partial charge in [-0.05, 0) is 31.9 Å². The Bertz CT molecular complexity index is 970. The Balaban J connectivity index is 1.67. The molecule has 144 valence electrons. The molecule has 0 radical (unpaired) electrons. The van der Waals surface area contributed by atoms with Crippen LogP contribution in [0.25, 0.3) is 0 Å². The number of nitrogens with one attached hydrogen (secondary N) is 3. The normalized spacial score (nSPS) is 17.0. The van der Waals surface area contributed by atoms with E-state index in [0.717, 1.165) is 25.0 Å². The van der Waals surface area contributed by atoms with Gasteiger partial charge in [0.25, 0.3) is 5.56 Å². The van der Waals surface area contributed by atoms with E-state index in [1.165, 1.54) is 6.07 Å². The fourth-order valence-corrected chi connectivity index (χ4v) is 3.24. The van der Waals surface area contributed by atoms with Crippen LogP contribution in [0.15, 0.2) is 27.8 Å². The number of H-pyrrole nitrogens is 2. The Kier molecular flexibility index (Phi) is 5.38. The Morgan fingerprint density at radius 1 is 1.26 bits per heavy atom. The lowest BCUT2D eigenvalue weighted by molar-refractivity contribution is -0.131. The van der Waals surface area contributed by atoms with Gasteiger partial charge in [0.15, 0.2) is 11.6 Å². The summed E-state index contributed by atoms with van der Waals surface area (Å²) in [6.45, 7) is 2.51. The number of hydrogen-bond acceptors (Lipinski definition) is 4. The van der Waals surface area contributed by atoms with Crippen molar-refractivity contribution in [3.05, 3.63) is 61.9 Å². The first-order valence-corrected chi connectivity index (χ1v) is 8.65. The number of anilines is 1. The van der Waals surface area contributed by atoms with E-state index >= 15 is 0 Å². The largest absolute Gasteiger partial charge is 0.380 e. The Hall–Kier alpha value is -2.97. The van der Waals surface area contributed by atoms with Gasteiger partial charge in [-0.2, -0.15) is 0 Å². The number of benzene rings is 1. The van der Waals surface area contributed by atoms with Gasteiger partial charge in [0.1, 0.15) is 0 Å². The number of halogens is 2. The second kappa shape index (κ2) is 7.73. The van der Waals surface area contributed by atoms with Crippen LogP contribution in [-0.2, 0) is 11.2 Å². The average molecular weight is 378 g/mol. The van der Waals surface area contributed by atoms with E-state index < -0.39 is 22.9 Å². The van der Waals surface area contributed by atoms with E-state index in [0.29, 0.717) is 24.5 Å². The van der Waals surface area contributed by atoms with Crippen LogP contribution in [0.2, 0.25) is 0 Å². The first-order valence-electron chi connectivity index (χ1n) is 8.65. The van der Waals surface area contributed by atoms with E-state index in [1.807, 2.05) is 0 Å². The average Bonchev–Trinajstić information content (AvgIpc) is 2.61. The fourth-order valence-electron chi connectivity index (χ4n) is 3.24. The molecule has 1 aromatic carbocycles. The smallest absolute Gasteiger partial charge is 0.325 e. The van der Waals surface area contributed by atoms with Gasteiger partial charge >= 0.3 is 5.69 Å². The predicted molar refractivity (Wildman–Crippen MR) is 95.7 cm³/mol. The van der Waals surface area contributed by atoms with E-state index in [4.69, 9.17) is 0 Å². The molecular formula is C18H20F2N4O3. The van der Waals surface area contributed by atoms with Crippen molar-refractivity contribution in [2.45, 2.75) is 32.2 Å². The van der Waals surface area contributed by atoms with Gasteiger partial charge in [-0.15, -0.1) is 0 Å². The number of aromatic amines is 2. The van der Waals surface area contributed by atoms with Gasteiger partial charge in [0.05, 0.1) is 6.42 Å². The van der Waals surface area contributed by atoms with Crippen LogP contribution in [0.1, 0.15) is 24.1 Å². The molecule has 0 aliphatic carbocycles. The summed E-state index contributed by atoms with van der Waals surface area (Å²) in [5.41, 5.74) is -0.137. The van der Waals surface area contributed by atoms with Gasteiger partial charge in [-0.3, -0.25) is 14.6 Å². The molecule has 2 heterocycles. The standard InChI is InChI=1S/C18H20F2N4O3/c1-10-13(17(26)23-18(27)21-10)8-16(25)24-6-2-3-12(9-24)22-11-4-5-14(19)15(20)7-11/h4-5,7,12,22H,2-3,6,8-9H2,1H3,(H2,21,23,26,27)/t12-/m0/s1. The van der Waals surface area contributed by atoms with Crippen molar-refractivity contribution in [1.82, 2.24) is 14.9 Å². The molecule has 1 aromatic heterocycles. The summed E-state index contributed by atoms with van der Waals surface area (Å²) in [7, 11) is 0. The minimum absolute atomic E-state index is 0.109. The number of rotatable bonds is 4. The summed E-state index contributed by atoms with van der Waals surface area (Å²) in [6.07, 6.45) is 1.41. The third kappa shape index (κ3) is 4.42. The number of carbonyl (C=O) groups excluding carboxylic acids is 1. The number of nitrogens with zero attached hydrogens (tertiary/aromatic N) is 1. The van der Waals surface area contributed by atoms with Crippen LogP contribution in [0, 0.1) is 18.6 Å². The quantitative estimate of drug-likeness (QED) is 0.747. The number of hydrogen-bond donors (Lipinski definition) is 3. The molecular weight excluding hydrogens is 358 g/mol. The maximum atomic E-state index is 13.3. The first-order chi connectivity index (χ1) is 12.8. The Morgan fingerprint density at radius 3 is 2.74 bits per heavy atom. The molecule has 27 heavy (non-hydrogen) atoms. The number of amides is 1. The van der Waals surface area contributed by atoms with Crippen molar-refractivity contribution in [2.75, 3.05) is 18.4 Å². The van der Waals surface area contributed by atoms with Gasteiger partial charge in [0, 0.05) is 42.1 Å². The van der Waals surface area contributed by atoms with Crippen molar-refractivity contribution in [3.63, 3.8) is 0 Å². The van der Waals surface area contributed by atoms with Crippen LogP contribution in [0.3, 0.4) is 0 Å². The maximum absolute atomic E-state index is 13.3. The highest BCUT2D eigenvalue weighted by Gasteiger charge is 2.25. The molecule has 0 bridgehead atoms. The van der Waals surface area contributed by atoms with Crippen LogP contribution < -0.4 is 16.6 Å². The lowest BCUT2D eigenvalue weighted by atomic mass is 10.0. The van der Waals surface area contributed by atoms with Crippen molar-refractivity contribution in [1.29, 1.82) is 0 Å². The number of likely N-dealkylation sites (tertiary alicyclic amines) is 1. The van der Waals surface area contributed by atoms with Crippen LogP contribution in [-0.4, -0.2) is 39.9 Å². The number of piperidine rings is 1. The highest BCUT2D eigenvalue weighted by Crippen LogP contribution is 2.19. The molecule has 3 N–H and O–H groups in total. The zero-order chi connectivity index (χ0) is 19.6. The third-order valence-corrected chi connectivity index (χ3v) is 4.65. The van der Waals surface area contributed by atoms with Crippen molar-refractivity contribution < 1.29 is 13.6 Å². The molecule has 0 saturated carbocycles. The Morgan fingerprint density at radius 2 is 2.04 bits per heavy atom. The first kappa shape index (κ1) is 18.8. The molecule has 1 atom stereocenters. The molecule has 1 saturated heterocycles. The number of aryl methyl sites for hydroxylation is 1. The molecule has 1 aliphatic rings. The summed E-state index contributed by atoms with van der Waals surface area (Å²) in [4.78, 5) is 42.0. The molecule has 2 aromatic rings. The molecule has 1 amide bonds. The molecule has 9 heteroatoms. The fraction of sp³-hybridized carbons (Fsp3) is 0.389. The lowest BCUT2D eigenvalue weighted by Crippen LogP contribution is -2.46. The molecule has 0 unspecified atom stereocenters. The summed E-state index contributed by atoms with van der Waals surface area (Å²) < 4.78 is 26.4. The van der Waals surface area contributed by atoms with Gasteiger partial charge < -0.3 is 15.2 Å². The third-order valence-electron chi connectivity index (χ3n) is 4.65. The minimum atomic E-state index is -0.934. The molecule has 3 rings (SSSR count). The number of aromatic nitrogens is 2. The van der Waals surface area contributed by atoms with Crippen molar-refractivity contribution in [2.24, 2.45) is 0 Å². The summed E-state index contributed by atoms with van der Waals surface area (Å²) in [5, 5.41) is 3.11. The van der Waals surface area contributed by atoms with Crippen molar-refractivity contribution in [3.8, 4) is 0 Å². The number of carbonyl (C=O) groups is 1. The second-order valence-corrected chi connectivity index (χ2v) is 6.64. The van der Waals surface area contributed by atoms with Gasteiger partial charge in [-0.25, -0.2) is 13.6 Å². The summed E-state index contributed by atoms with van der Waals surface area (Å²) in [6, 6.07) is 3.47. The van der Waals surface area contributed by atoms with Crippen LogP contribution in [0.5, 0.6) is 0 Å². The summed E-state index contributed by atoms with van der Waals surface area (Å²) in [5.74, 6) is -2.08. The van der Waals surface area contributed by atoms with E-state index in [2.05, 4.69) is 15.3 Å². The lowest BCUT2D eigenvalue weighted by Gasteiger charge is -2.34. The topological polar surface area (TPSA) is 98.1 Å². The van der Waals surface area contributed by atoms with E-state index in [-0.39, 0.29) is 23.9 Å². The molecule has 0 spiro atoms.